The summed E-state index contributed by atoms with van der Waals surface area (Å²) in [6.07, 6.45) is 2.91. The standard InChI is InChI=1S/C9H5ClN4O2S/c10-7-2-1-6(14(15)16)9(13-7)17-8-3-4-11-5-12-8/h1-5H. The van der Waals surface area contributed by atoms with E-state index in [4.69, 9.17) is 11.6 Å². The van der Waals surface area contributed by atoms with Gasteiger partial charge in [0.25, 0.3) is 0 Å². The Hall–Kier alpha value is -1.73. The summed E-state index contributed by atoms with van der Waals surface area (Å²) >= 11 is 6.78. The maximum atomic E-state index is 10.8. The monoisotopic (exact) mass is 268 g/mol. The van der Waals surface area contributed by atoms with Crippen molar-refractivity contribution in [3.05, 3.63) is 46.0 Å². The Bertz CT molecular complexity index is 552. The van der Waals surface area contributed by atoms with E-state index in [9.17, 15) is 10.1 Å². The molecular formula is C9H5ClN4O2S. The van der Waals surface area contributed by atoms with Crippen molar-refractivity contribution in [2.75, 3.05) is 0 Å². The second-order valence-corrected chi connectivity index (χ2v) is 4.26. The van der Waals surface area contributed by atoms with Gasteiger partial charge in [-0.05, 0) is 23.9 Å². The Morgan fingerprint density at radius 2 is 2.18 bits per heavy atom. The van der Waals surface area contributed by atoms with Gasteiger partial charge in [-0.2, -0.15) is 0 Å². The van der Waals surface area contributed by atoms with Gasteiger partial charge in [0.2, 0.25) is 0 Å². The van der Waals surface area contributed by atoms with Gasteiger partial charge in [-0.1, -0.05) is 11.6 Å². The summed E-state index contributed by atoms with van der Waals surface area (Å²) in [5.41, 5.74) is -0.0991. The van der Waals surface area contributed by atoms with Crippen molar-refractivity contribution in [2.24, 2.45) is 0 Å². The maximum Gasteiger partial charge on any atom is 0.301 e. The smallest absolute Gasteiger partial charge is 0.258 e. The molecule has 8 heteroatoms. The van der Waals surface area contributed by atoms with E-state index in [2.05, 4.69) is 15.0 Å². The first kappa shape index (κ1) is 11.7. The molecule has 86 valence electrons. The lowest BCUT2D eigenvalue weighted by molar-refractivity contribution is -0.388. The van der Waals surface area contributed by atoms with Crippen molar-refractivity contribution >= 4 is 29.1 Å². The SMILES string of the molecule is O=[N+]([O-])c1ccc(Cl)nc1Sc1ccncn1. The highest BCUT2D eigenvalue weighted by Crippen LogP contribution is 2.32. The third-order valence-electron chi connectivity index (χ3n) is 1.76. The molecule has 0 spiro atoms. The van der Waals surface area contributed by atoms with Crippen molar-refractivity contribution < 1.29 is 4.92 Å². The summed E-state index contributed by atoms with van der Waals surface area (Å²) in [5, 5.41) is 11.8. The summed E-state index contributed by atoms with van der Waals surface area (Å²) in [4.78, 5) is 21.9. The van der Waals surface area contributed by atoms with Crippen LogP contribution in [0.3, 0.4) is 0 Å². The van der Waals surface area contributed by atoms with Crippen molar-refractivity contribution in [3.63, 3.8) is 0 Å². The first-order chi connectivity index (χ1) is 8.16. The zero-order valence-electron chi connectivity index (χ0n) is 8.28. The lowest BCUT2D eigenvalue weighted by Crippen LogP contribution is -1.94. The van der Waals surface area contributed by atoms with Crippen LogP contribution in [0.5, 0.6) is 0 Å². The van der Waals surface area contributed by atoms with Gasteiger partial charge >= 0.3 is 5.69 Å². The normalized spacial score (nSPS) is 10.2. The third-order valence-corrected chi connectivity index (χ3v) is 2.91. The number of pyridine rings is 1. The second kappa shape index (κ2) is 5.07. The molecule has 0 atom stereocenters. The van der Waals surface area contributed by atoms with Gasteiger partial charge in [-0.15, -0.1) is 0 Å². The quantitative estimate of drug-likeness (QED) is 0.368. The topological polar surface area (TPSA) is 81.8 Å². The van der Waals surface area contributed by atoms with E-state index in [0.29, 0.717) is 5.03 Å². The molecule has 0 saturated heterocycles. The number of nitrogens with zero attached hydrogens (tertiary/aromatic N) is 4. The van der Waals surface area contributed by atoms with E-state index >= 15 is 0 Å². The fourth-order valence-corrected chi connectivity index (χ4v) is 2.08. The minimum Gasteiger partial charge on any atom is -0.258 e. The van der Waals surface area contributed by atoms with Crippen LogP contribution in [0.1, 0.15) is 0 Å². The second-order valence-electron chi connectivity index (χ2n) is 2.87. The Morgan fingerprint density at radius 3 is 2.82 bits per heavy atom. The largest absolute Gasteiger partial charge is 0.301 e. The number of nitro groups is 1. The number of aromatic nitrogens is 3. The summed E-state index contributed by atoms with van der Waals surface area (Å²) in [5.74, 6) is 0. The fourth-order valence-electron chi connectivity index (χ4n) is 1.06. The van der Waals surface area contributed by atoms with Crippen molar-refractivity contribution in [3.8, 4) is 0 Å². The molecule has 0 aromatic carbocycles. The van der Waals surface area contributed by atoms with Crippen LogP contribution < -0.4 is 0 Å². The summed E-state index contributed by atoms with van der Waals surface area (Å²) in [7, 11) is 0. The molecule has 0 saturated carbocycles. The molecule has 0 bridgehead atoms. The Kier molecular flexibility index (Phi) is 3.50. The maximum absolute atomic E-state index is 10.8. The van der Waals surface area contributed by atoms with Gasteiger partial charge in [0.1, 0.15) is 16.5 Å². The zero-order valence-corrected chi connectivity index (χ0v) is 9.85. The van der Waals surface area contributed by atoms with Gasteiger partial charge in [-0.3, -0.25) is 10.1 Å². The van der Waals surface area contributed by atoms with Crippen LogP contribution in [0.2, 0.25) is 5.15 Å². The molecule has 2 rings (SSSR count). The average Bonchev–Trinajstić information content (AvgIpc) is 2.30. The third kappa shape index (κ3) is 2.89. The minimum absolute atomic E-state index is 0.0991. The van der Waals surface area contributed by atoms with Crippen molar-refractivity contribution in [2.45, 2.75) is 10.1 Å². The highest BCUT2D eigenvalue weighted by atomic mass is 35.5. The predicted octanol–water partition coefficient (Wildman–Crippen LogP) is 2.58. The Balaban J connectivity index is 2.37. The van der Waals surface area contributed by atoms with Crippen molar-refractivity contribution in [1.82, 2.24) is 15.0 Å². The minimum atomic E-state index is -0.507. The molecule has 0 aliphatic carbocycles. The van der Waals surface area contributed by atoms with E-state index in [1.165, 1.54) is 18.5 Å². The van der Waals surface area contributed by atoms with E-state index in [1.807, 2.05) is 0 Å². The van der Waals surface area contributed by atoms with Crippen LogP contribution in [0.25, 0.3) is 0 Å². The van der Waals surface area contributed by atoms with Crippen LogP contribution >= 0.6 is 23.4 Å². The van der Waals surface area contributed by atoms with Crippen LogP contribution in [0, 0.1) is 10.1 Å². The molecule has 0 N–H and O–H groups in total. The number of halogens is 1. The molecule has 0 unspecified atom stereocenters. The van der Waals surface area contributed by atoms with Crippen LogP contribution in [-0.2, 0) is 0 Å². The average molecular weight is 269 g/mol. The molecular weight excluding hydrogens is 264 g/mol. The molecule has 0 amide bonds. The molecule has 0 aliphatic heterocycles. The van der Waals surface area contributed by atoms with Gasteiger partial charge in [0.15, 0.2) is 5.03 Å². The molecule has 6 nitrogen and oxygen atoms in total. The molecule has 2 aromatic heterocycles. The van der Waals surface area contributed by atoms with Crippen molar-refractivity contribution in [1.29, 1.82) is 0 Å². The molecule has 2 aromatic rings. The molecule has 2 heterocycles. The van der Waals surface area contributed by atoms with Gasteiger partial charge < -0.3 is 0 Å². The van der Waals surface area contributed by atoms with Crippen LogP contribution in [-0.4, -0.2) is 19.9 Å². The van der Waals surface area contributed by atoms with E-state index in [0.717, 1.165) is 11.8 Å². The molecule has 17 heavy (non-hydrogen) atoms. The lowest BCUT2D eigenvalue weighted by atomic mass is 10.4. The molecule has 0 radical (unpaired) electrons. The number of hydrogen-bond acceptors (Lipinski definition) is 6. The Morgan fingerprint density at radius 1 is 1.35 bits per heavy atom. The first-order valence-electron chi connectivity index (χ1n) is 4.41. The van der Waals surface area contributed by atoms with Gasteiger partial charge in [-0.25, -0.2) is 15.0 Å². The predicted molar refractivity (Wildman–Crippen MR) is 62.1 cm³/mol. The van der Waals surface area contributed by atoms with Gasteiger partial charge in [0, 0.05) is 12.3 Å². The van der Waals surface area contributed by atoms with Crippen LogP contribution in [0.4, 0.5) is 5.69 Å². The highest BCUT2D eigenvalue weighted by Gasteiger charge is 2.17. The summed E-state index contributed by atoms with van der Waals surface area (Å²) < 4.78 is 0. The number of hydrogen-bond donors (Lipinski definition) is 0. The Labute approximate surface area is 105 Å². The van der Waals surface area contributed by atoms with E-state index < -0.39 is 4.92 Å². The first-order valence-corrected chi connectivity index (χ1v) is 5.61. The van der Waals surface area contributed by atoms with Gasteiger partial charge in [0.05, 0.1) is 4.92 Å². The summed E-state index contributed by atoms with van der Waals surface area (Å²) in [6, 6.07) is 4.33. The lowest BCUT2D eigenvalue weighted by Gasteiger charge is -2.01. The highest BCUT2D eigenvalue weighted by molar-refractivity contribution is 7.99. The fraction of sp³-hybridized carbons (Fsp3) is 0. The zero-order chi connectivity index (χ0) is 12.3. The van der Waals surface area contributed by atoms with E-state index in [1.54, 1.807) is 12.3 Å². The summed E-state index contributed by atoms with van der Waals surface area (Å²) in [6.45, 7) is 0. The molecule has 0 fully saturated rings. The van der Waals surface area contributed by atoms with Crippen LogP contribution in [0.15, 0.2) is 40.8 Å². The number of rotatable bonds is 3. The molecule has 0 aliphatic rings. The van der Waals surface area contributed by atoms with E-state index in [-0.39, 0.29) is 15.9 Å².